The molecule has 0 aliphatic rings. The summed E-state index contributed by atoms with van der Waals surface area (Å²) in [6.45, 7) is 3.22. The fourth-order valence-electron chi connectivity index (χ4n) is 2.48. The van der Waals surface area contributed by atoms with Crippen molar-refractivity contribution in [3.63, 3.8) is 0 Å². The standard InChI is InChI=1S/C19H20N4O/c1-15-7-8-17(13-22-15)19(24)21-10-9-18-20-11-12-23(18)14-16-5-3-2-4-6-16/h2-8,11-13H,9-10,14H2,1H3,(H,21,24). The van der Waals surface area contributed by atoms with Crippen LogP contribution in [-0.4, -0.2) is 27.0 Å². The van der Waals surface area contributed by atoms with Crippen LogP contribution < -0.4 is 5.32 Å². The van der Waals surface area contributed by atoms with Gasteiger partial charge in [-0.1, -0.05) is 30.3 Å². The van der Waals surface area contributed by atoms with Gasteiger partial charge in [0.15, 0.2) is 0 Å². The Bertz CT molecular complexity index is 794. The van der Waals surface area contributed by atoms with Gasteiger partial charge >= 0.3 is 0 Å². The molecule has 0 aliphatic heterocycles. The number of hydrogen-bond acceptors (Lipinski definition) is 3. The van der Waals surface area contributed by atoms with Crippen LogP contribution in [0.3, 0.4) is 0 Å². The molecule has 1 N–H and O–H groups in total. The first-order chi connectivity index (χ1) is 11.7. The fourth-order valence-corrected chi connectivity index (χ4v) is 2.48. The number of aromatic nitrogens is 3. The molecule has 0 saturated carbocycles. The molecule has 2 heterocycles. The van der Waals surface area contributed by atoms with E-state index in [1.54, 1.807) is 18.5 Å². The van der Waals surface area contributed by atoms with Crippen LogP contribution in [0.4, 0.5) is 0 Å². The van der Waals surface area contributed by atoms with E-state index in [-0.39, 0.29) is 5.91 Å². The van der Waals surface area contributed by atoms with E-state index in [0.29, 0.717) is 18.5 Å². The highest BCUT2D eigenvalue weighted by Gasteiger charge is 2.07. The van der Waals surface area contributed by atoms with Crippen LogP contribution in [0.5, 0.6) is 0 Å². The summed E-state index contributed by atoms with van der Waals surface area (Å²) in [7, 11) is 0. The molecule has 1 aromatic carbocycles. The van der Waals surface area contributed by atoms with E-state index in [1.807, 2.05) is 37.4 Å². The van der Waals surface area contributed by atoms with Gasteiger partial charge in [0, 0.05) is 43.8 Å². The van der Waals surface area contributed by atoms with E-state index in [4.69, 9.17) is 0 Å². The SMILES string of the molecule is Cc1ccc(C(=O)NCCc2nccn2Cc2ccccc2)cn1. The van der Waals surface area contributed by atoms with Gasteiger partial charge in [0.1, 0.15) is 5.82 Å². The third-order valence-electron chi connectivity index (χ3n) is 3.81. The lowest BCUT2D eigenvalue weighted by molar-refractivity contribution is 0.0953. The summed E-state index contributed by atoms with van der Waals surface area (Å²) in [5.41, 5.74) is 2.70. The number of rotatable bonds is 6. The number of carbonyl (C=O) groups excluding carboxylic acids is 1. The molecule has 0 bridgehead atoms. The summed E-state index contributed by atoms with van der Waals surface area (Å²) in [4.78, 5) is 20.6. The van der Waals surface area contributed by atoms with E-state index < -0.39 is 0 Å². The van der Waals surface area contributed by atoms with Crippen LogP contribution in [0.2, 0.25) is 0 Å². The Morgan fingerprint density at radius 3 is 2.71 bits per heavy atom. The summed E-state index contributed by atoms with van der Waals surface area (Å²) in [5, 5.41) is 2.92. The maximum Gasteiger partial charge on any atom is 0.252 e. The van der Waals surface area contributed by atoms with E-state index >= 15 is 0 Å². The summed E-state index contributed by atoms with van der Waals surface area (Å²) in [5.74, 6) is 0.852. The number of nitrogens with zero attached hydrogens (tertiary/aromatic N) is 3. The average molecular weight is 320 g/mol. The molecule has 122 valence electrons. The molecular formula is C19H20N4O. The highest BCUT2D eigenvalue weighted by molar-refractivity contribution is 5.93. The minimum atomic E-state index is -0.108. The second-order valence-electron chi connectivity index (χ2n) is 5.65. The smallest absolute Gasteiger partial charge is 0.252 e. The molecule has 1 amide bonds. The van der Waals surface area contributed by atoms with Gasteiger partial charge in [-0.2, -0.15) is 0 Å². The minimum Gasteiger partial charge on any atom is -0.352 e. The zero-order valence-electron chi connectivity index (χ0n) is 13.6. The van der Waals surface area contributed by atoms with Crippen molar-refractivity contribution in [3.05, 3.63) is 83.7 Å². The van der Waals surface area contributed by atoms with Gasteiger partial charge in [-0.25, -0.2) is 4.98 Å². The summed E-state index contributed by atoms with van der Waals surface area (Å²) >= 11 is 0. The lowest BCUT2D eigenvalue weighted by Crippen LogP contribution is -2.26. The predicted octanol–water partition coefficient (Wildman–Crippen LogP) is 2.61. The quantitative estimate of drug-likeness (QED) is 0.759. The van der Waals surface area contributed by atoms with Gasteiger partial charge < -0.3 is 9.88 Å². The highest BCUT2D eigenvalue weighted by Crippen LogP contribution is 2.06. The van der Waals surface area contributed by atoms with Crippen molar-refractivity contribution >= 4 is 5.91 Å². The normalized spacial score (nSPS) is 10.5. The Morgan fingerprint density at radius 1 is 1.12 bits per heavy atom. The lowest BCUT2D eigenvalue weighted by atomic mass is 10.2. The second-order valence-corrected chi connectivity index (χ2v) is 5.65. The largest absolute Gasteiger partial charge is 0.352 e. The number of imidazole rings is 1. The maximum absolute atomic E-state index is 12.1. The van der Waals surface area contributed by atoms with Crippen LogP contribution in [0.25, 0.3) is 0 Å². The molecule has 3 rings (SSSR count). The van der Waals surface area contributed by atoms with Crippen molar-refractivity contribution in [2.45, 2.75) is 19.9 Å². The van der Waals surface area contributed by atoms with Gasteiger partial charge in [-0.15, -0.1) is 0 Å². The number of hydrogen-bond donors (Lipinski definition) is 1. The molecule has 0 saturated heterocycles. The predicted molar refractivity (Wildman–Crippen MR) is 92.8 cm³/mol. The Morgan fingerprint density at radius 2 is 1.96 bits per heavy atom. The molecule has 0 radical (unpaired) electrons. The van der Waals surface area contributed by atoms with Crippen molar-refractivity contribution < 1.29 is 4.79 Å². The first-order valence-electron chi connectivity index (χ1n) is 7.97. The van der Waals surface area contributed by atoms with Gasteiger partial charge in [0.25, 0.3) is 5.91 Å². The zero-order valence-corrected chi connectivity index (χ0v) is 13.6. The zero-order chi connectivity index (χ0) is 16.8. The molecule has 5 nitrogen and oxygen atoms in total. The second kappa shape index (κ2) is 7.55. The van der Waals surface area contributed by atoms with Gasteiger partial charge in [-0.3, -0.25) is 9.78 Å². The van der Waals surface area contributed by atoms with Crippen LogP contribution in [0.1, 0.15) is 27.4 Å². The monoisotopic (exact) mass is 320 g/mol. The summed E-state index contributed by atoms with van der Waals surface area (Å²) in [6, 6.07) is 13.9. The first-order valence-corrected chi connectivity index (χ1v) is 7.97. The van der Waals surface area contributed by atoms with E-state index in [1.165, 1.54) is 5.56 Å². The number of benzene rings is 1. The molecular weight excluding hydrogens is 300 g/mol. The Hall–Kier alpha value is -2.95. The van der Waals surface area contributed by atoms with Crippen molar-refractivity contribution in [1.29, 1.82) is 0 Å². The Balaban J connectivity index is 1.55. The van der Waals surface area contributed by atoms with Crippen molar-refractivity contribution in [2.75, 3.05) is 6.54 Å². The van der Waals surface area contributed by atoms with Gasteiger partial charge in [0.2, 0.25) is 0 Å². The fraction of sp³-hybridized carbons (Fsp3) is 0.211. The third kappa shape index (κ3) is 4.07. The molecule has 2 aromatic heterocycles. The van der Waals surface area contributed by atoms with Gasteiger partial charge in [0.05, 0.1) is 5.56 Å². The molecule has 0 unspecified atom stereocenters. The number of nitrogens with one attached hydrogen (secondary N) is 1. The first kappa shape index (κ1) is 15.9. The third-order valence-corrected chi connectivity index (χ3v) is 3.81. The van der Waals surface area contributed by atoms with Crippen LogP contribution in [0, 0.1) is 6.92 Å². The number of pyridine rings is 1. The molecule has 5 heteroatoms. The van der Waals surface area contributed by atoms with Crippen molar-refractivity contribution in [3.8, 4) is 0 Å². The van der Waals surface area contributed by atoms with E-state index in [2.05, 4.69) is 32.0 Å². The van der Waals surface area contributed by atoms with Crippen molar-refractivity contribution in [1.82, 2.24) is 19.9 Å². The molecule has 24 heavy (non-hydrogen) atoms. The van der Waals surface area contributed by atoms with Gasteiger partial charge in [-0.05, 0) is 24.6 Å². The molecule has 0 fully saturated rings. The average Bonchev–Trinajstić information content (AvgIpc) is 3.03. The Kier molecular flexibility index (Phi) is 5.01. The van der Waals surface area contributed by atoms with Crippen LogP contribution >= 0.6 is 0 Å². The molecule has 0 spiro atoms. The van der Waals surface area contributed by atoms with E-state index in [0.717, 1.165) is 18.1 Å². The lowest BCUT2D eigenvalue weighted by Gasteiger charge is -2.09. The molecule has 0 aliphatic carbocycles. The number of carbonyl (C=O) groups is 1. The van der Waals surface area contributed by atoms with Crippen molar-refractivity contribution in [2.24, 2.45) is 0 Å². The Labute approximate surface area is 141 Å². The topological polar surface area (TPSA) is 59.8 Å². The number of amides is 1. The van der Waals surface area contributed by atoms with Crippen LogP contribution in [-0.2, 0) is 13.0 Å². The van der Waals surface area contributed by atoms with E-state index in [9.17, 15) is 4.79 Å². The summed E-state index contributed by atoms with van der Waals surface area (Å²) < 4.78 is 2.11. The summed E-state index contributed by atoms with van der Waals surface area (Å²) in [6.07, 6.45) is 6.05. The highest BCUT2D eigenvalue weighted by atomic mass is 16.1. The number of aryl methyl sites for hydroxylation is 1. The maximum atomic E-state index is 12.1. The van der Waals surface area contributed by atoms with Crippen LogP contribution in [0.15, 0.2) is 61.1 Å². The minimum absolute atomic E-state index is 0.108. The molecule has 0 atom stereocenters. The molecule has 3 aromatic rings.